The zero-order valence-corrected chi connectivity index (χ0v) is 7.21. The predicted molar refractivity (Wildman–Crippen MR) is 41.5 cm³/mol. The van der Waals surface area contributed by atoms with Crippen LogP contribution < -0.4 is 0 Å². The van der Waals surface area contributed by atoms with Crippen molar-refractivity contribution in [1.29, 1.82) is 21.0 Å². The molecule has 0 amide bonds. The van der Waals surface area contributed by atoms with E-state index < -0.39 is 16.7 Å². The summed E-state index contributed by atoms with van der Waals surface area (Å²) in [6.45, 7) is 0. The van der Waals surface area contributed by atoms with Gasteiger partial charge >= 0.3 is 0 Å². The summed E-state index contributed by atoms with van der Waals surface area (Å²) in [5.74, 6) is -0.686. The van der Waals surface area contributed by atoms with Gasteiger partial charge in [0.15, 0.2) is 10.8 Å². The summed E-state index contributed by atoms with van der Waals surface area (Å²) < 4.78 is 0. The van der Waals surface area contributed by atoms with Gasteiger partial charge in [-0.05, 0) is 0 Å². The first-order valence-corrected chi connectivity index (χ1v) is 3.93. The zero-order valence-electron chi connectivity index (χ0n) is 6.45. The van der Waals surface area contributed by atoms with Gasteiger partial charge in [-0.15, -0.1) is 11.6 Å². The van der Waals surface area contributed by atoms with Crippen molar-refractivity contribution >= 4 is 11.6 Å². The average Bonchev–Trinajstić information content (AvgIpc) is 2.79. The minimum atomic E-state index is -1.53. The first-order valence-electron chi connectivity index (χ1n) is 3.40. The normalized spacial score (nSPS) is 21.6. The molecule has 5 heteroatoms. The third kappa shape index (κ3) is 0.714. The topological polar surface area (TPSA) is 95.2 Å². The Balaban J connectivity index is 3.25. The summed E-state index contributed by atoms with van der Waals surface area (Å²) in [6, 6.07) is 6.82. The van der Waals surface area contributed by atoms with Crippen molar-refractivity contribution in [3.63, 3.8) is 0 Å². The maximum atomic E-state index is 8.72. The van der Waals surface area contributed by atoms with Crippen LogP contribution in [0.3, 0.4) is 0 Å². The fraction of sp³-hybridized carbons (Fsp3) is 0.500. The molecule has 62 valence electrons. The molecule has 1 saturated carbocycles. The molecule has 4 nitrogen and oxygen atoms in total. The van der Waals surface area contributed by atoms with Gasteiger partial charge < -0.3 is 0 Å². The van der Waals surface area contributed by atoms with E-state index in [2.05, 4.69) is 0 Å². The Bertz CT molecular complexity index is 334. The molecule has 0 N–H and O–H groups in total. The summed E-state index contributed by atoms with van der Waals surface area (Å²) in [4.78, 5) is 0. The van der Waals surface area contributed by atoms with Gasteiger partial charge in [-0.1, -0.05) is 0 Å². The van der Waals surface area contributed by atoms with Crippen molar-refractivity contribution < 1.29 is 0 Å². The zero-order chi connectivity index (χ0) is 10.1. The van der Waals surface area contributed by atoms with Crippen LogP contribution in [0.25, 0.3) is 0 Å². The highest BCUT2D eigenvalue weighted by atomic mass is 35.5. The summed E-state index contributed by atoms with van der Waals surface area (Å²) in [5, 5.41) is 34.9. The molecule has 0 atom stereocenters. The van der Waals surface area contributed by atoms with Crippen LogP contribution in [-0.2, 0) is 0 Å². The third-order valence-corrected chi connectivity index (χ3v) is 2.75. The van der Waals surface area contributed by atoms with Gasteiger partial charge in [0, 0.05) is 11.8 Å². The second kappa shape index (κ2) is 2.63. The smallest absolute Gasteiger partial charge is 0.182 e. The number of halogens is 1. The molecule has 0 unspecified atom stereocenters. The van der Waals surface area contributed by atoms with Gasteiger partial charge in [0.1, 0.15) is 0 Å². The molecular formula is C8H3ClN4. The van der Waals surface area contributed by atoms with E-state index in [9.17, 15) is 0 Å². The lowest BCUT2D eigenvalue weighted by Crippen LogP contribution is -2.05. The summed E-state index contributed by atoms with van der Waals surface area (Å²) in [6.07, 6.45) is 0. The van der Waals surface area contributed by atoms with E-state index in [-0.39, 0.29) is 5.88 Å². The molecule has 1 fully saturated rings. The lowest BCUT2D eigenvalue weighted by atomic mass is 9.98. The Morgan fingerprint density at radius 1 is 0.923 bits per heavy atom. The van der Waals surface area contributed by atoms with Gasteiger partial charge in [0.05, 0.1) is 24.3 Å². The minimum absolute atomic E-state index is 0.0256. The number of hydrogen-bond donors (Lipinski definition) is 0. The number of nitriles is 4. The van der Waals surface area contributed by atoms with Gasteiger partial charge in [-0.25, -0.2) is 0 Å². The molecule has 1 aliphatic rings. The van der Waals surface area contributed by atoms with Crippen molar-refractivity contribution in [3.05, 3.63) is 0 Å². The molecule has 0 saturated heterocycles. The summed E-state index contributed by atoms with van der Waals surface area (Å²) in [7, 11) is 0. The molecule has 0 spiro atoms. The Morgan fingerprint density at radius 3 is 1.31 bits per heavy atom. The Hall–Kier alpha value is -1.75. The van der Waals surface area contributed by atoms with Gasteiger partial charge in [0.25, 0.3) is 0 Å². The van der Waals surface area contributed by atoms with Crippen molar-refractivity contribution in [2.24, 2.45) is 16.7 Å². The fourth-order valence-corrected chi connectivity index (χ4v) is 1.96. The number of hydrogen-bond acceptors (Lipinski definition) is 4. The summed E-state index contributed by atoms with van der Waals surface area (Å²) >= 11 is 5.48. The standard InChI is InChI=1S/C8H3ClN4/c9-1-6-7(2-10,3-11)8(6,4-12)5-13/h6H,1H2. The van der Waals surface area contributed by atoms with Crippen molar-refractivity contribution in [2.45, 2.75) is 0 Å². The van der Waals surface area contributed by atoms with E-state index in [0.29, 0.717) is 0 Å². The van der Waals surface area contributed by atoms with Crippen molar-refractivity contribution in [2.75, 3.05) is 5.88 Å². The molecule has 0 aromatic heterocycles. The monoisotopic (exact) mass is 190 g/mol. The van der Waals surface area contributed by atoms with E-state index >= 15 is 0 Å². The van der Waals surface area contributed by atoms with Crippen LogP contribution in [0.15, 0.2) is 0 Å². The highest BCUT2D eigenvalue weighted by Crippen LogP contribution is 2.68. The van der Waals surface area contributed by atoms with E-state index in [1.165, 1.54) is 0 Å². The first kappa shape index (κ1) is 9.34. The second-order valence-corrected chi connectivity index (χ2v) is 3.08. The molecule has 0 aromatic rings. The molecular weight excluding hydrogens is 188 g/mol. The lowest BCUT2D eigenvalue weighted by molar-refractivity contribution is 0.727. The predicted octanol–water partition coefficient (Wildman–Crippen LogP) is 0.922. The molecule has 0 heterocycles. The van der Waals surface area contributed by atoms with E-state index in [1.807, 2.05) is 0 Å². The number of alkyl halides is 1. The quantitative estimate of drug-likeness (QED) is 0.575. The van der Waals surface area contributed by atoms with Crippen LogP contribution >= 0.6 is 11.6 Å². The maximum Gasteiger partial charge on any atom is 0.182 e. The van der Waals surface area contributed by atoms with Gasteiger partial charge in [-0.3, -0.25) is 0 Å². The molecule has 1 rings (SSSR count). The van der Waals surface area contributed by atoms with E-state index in [0.717, 1.165) is 0 Å². The Morgan fingerprint density at radius 2 is 1.23 bits per heavy atom. The van der Waals surface area contributed by atoms with Crippen LogP contribution in [0, 0.1) is 62.1 Å². The number of rotatable bonds is 1. The van der Waals surface area contributed by atoms with Crippen molar-refractivity contribution in [3.8, 4) is 24.3 Å². The SMILES string of the molecule is N#CC1(C#N)C(CCl)C1(C#N)C#N. The van der Waals surface area contributed by atoms with E-state index in [1.54, 1.807) is 24.3 Å². The van der Waals surface area contributed by atoms with Gasteiger partial charge in [-0.2, -0.15) is 21.0 Å². The van der Waals surface area contributed by atoms with Crippen LogP contribution in [0.1, 0.15) is 0 Å². The first-order chi connectivity index (χ1) is 6.19. The molecule has 0 aromatic carbocycles. The summed E-state index contributed by atoms with van der Waals surface area (Å²) in [5.41, 5.74) is -3.06. The van der Waals surface area contributed by atoms with Gasteiger partial charge in [0.2, 0.25) is 0 Å². The highest BCUT2D eigenvalue weighted by Gasteiger charge is 2.81. The molecule has 0 bridgehead atoms. The highest BCUT2D eigenvalue weighted by molar-refractivity contribution is 6.18. The molecule has 0 aliphatic heterocycles. The van der Waals surface area contributed by atoms with Crippen molar-refractivity contribution in [1.82, 2.24) is 0 Å². The molecule has 13 heavy (non-hydrogen) atoms. The number of nitrogens with zero attached hydrogens (tertiary/aromatic N) is 4. The van der Waals surface area contributed by atoms with Crippen LogP contribution in [0.4, 0.5) is 0 Å². The van der Waals surface area contributed by atoms with E-state index in [4.69, 9.17) is 32.6 Å². The van der Waals surface area contributed by atoms with Crippen LogP contribution in [-0.4, -0.2) is 5.88 Å². The second-order valence-electron chi connectivity index (χ2n) is 2.77. The largest absolute Gasteiger partial charge is 0.196 e. The maximum absolute atomic E-state index is 8.72. The Kier molecular flexibility index (Phi) is 1.89. The molecule has 1 aliphatic carbocycles. The van der Waals surface area contributed by atoms with Crippen LogP contribution in [0.2, 0.25) is 0 Å². The third-order valence-electron chi connectivity index (χ3n) is 2.44. The molecule has 0 radical (unpaired) electrons. The Labute approximate surface area is 80.2 Å². The fourth-order valence-electron chi connectivity index (χ4n) is 1.50. The average molecular weight is 191 g/mol. The minimum Gasteiger partial charge on any atom is -0.196 e. The lowest BCUT2D eigenvalue weighted by Gasteiger charge is -1.92. The van der Waals surface area contributed by atoms with Crippen LogP contribution in [0.5, 0.6) is 0 Å².